The normalized spacial score (nSPS) is 14.7. The summed E-state index contributed by atoms with van der Waals surface area (Å²) in [7, 11) is -3.52. The van der Waals surface area contributed by atoms with Gasteiger partial charge in [0.1, 0.15) is 0 Å². The maximum absolute atomic E-state index is 12.8. The van der Waals surface area contributed by atoms with Gasteiger partial charge in [-0.15, -0.1) is 0 Å². The molecule has 0 radical (unpaired) electrons. The van der Waals surface area contributed by atoms with Crippen molar-refractivity contribution in [2.75, 3.05) is 11.9 Å². The number of urea groups is 1. The van der Waals surface area contributed by atoms with Crippen LogP contribution in [0.3, 0.4) is 0 Å². The van der Waals surface area contributed by atoms with Crippen LogP contribution in [0.1, 0.15) is 25.0 Å². The van der Waals surface area contributed by atoms with Crippen molar-refractivity contribution < 1.29 is 13.2 Å². The minimum Gasteiger partial charge on any atom is -0.336 e. The summed E-state index contributed by atoms with van der Waals surface area (Å²) in [6, 6.07) is 13.9. The highest BCUT2D eigenvalue weighted by Gasteiger charge is 2.28. The van der Waals surface area contributed by atoms with Gasteiger partial charge in [-0.25, -0.2) is 13.2 Å². The van der Waals surface area contributed by atoms with Crippen LogP contribution < -0.4 is 10.6 Å². The van der Waals surface area contributed by atoms with Crippen molar-refractivity contribution in [1.82, 2.24) is 9.62 Å². The molecule has 0 saturated heterocycles. The van der Waals surface area contributed by atoms with Crippen LogP contribution in [-0.2, 0) is 23.0 Å². The maximum Gasteiger partial charge on any atom is 0.319 e. The van der Waals surface area contributed by atoms with Crippen molar-refractivity contribution in [3.05, 3.63) is 59.7 Å². The van der Waals surface area contributed by atoms with E-state index in [1.54, 1.807) is 30.3 Å². The van der Waals surface area contributed by atoms with Crippen molar-refractivity contribution in [2.45, 2.75) is 37.8 Å². The second-order valence-electron chi connectivity index (χ2n) is 6.64. The molecule has 2 aromatic carbocycles. The van der Waals surface area contributed by atoms with Crippen LogP contribution in [0.2, 0.25) is 0 Å². The van der Waals surface area contributed by atoms with Crippen molar-refractivity contribution in [2.24, 2.45) is 0 Å². The zero-order chi connectivity index (χ0) is 18.7. The van der Waals surface area contributed by atoms with Crippen LogP contribution in [0.15, 0.2) is 53.4 Å². The lowest BCUT2D eigenvalue weighted by molar-refractivity contribution is 0.250. The first-order valence-corrected chi connectivity index (χ1v) is 10.0. The van der Waals surface area contributed by atoms with Gasteiger partial charge in [-0.05, 0) is 55.7 Å². The van der Waals surface area contributed by atoms with Gasteiger partial charge in [-0.2, -0.15) is 4.31 Å². The fourth-order valence-electron chi connectivity index (χ4n) is 2.99. The number of carbonyl (C=O) groups is 1. The SMILES string of the molecule is CC(C)NC(=O)Nc1ccc2c(c1)CN(S(=O)(=O)c1ccccc1)CC2. The molecule has 138 valence electrons. The molecule has 0 saturated carbocycles. The third-order valence-electron chi connectivity index (χ3n) is 4.24. The Morgan fingerprint density at radius 3 is 2.50 bits per heavy atom. The average Bonchev–Trinajstić information content (AvgIpc) is 2.61. The molecule has 1 aliphatic heterocycles. The van der Waals surface area contributed by atoms with E-state index in [-0.39, 0.29) is 12.1 Å². The van der Waals surface area contributed by atoms with Gasteiger partial charge in [0, 0.05) is 24.8 Å². The second kappa shape index (κ2) is 7.47. The number of anilines is 1. The minimum atomic E-state index is -3.52. The zero-order valence-corrected chi connectivity index (χ0v) is 15.7. The number of benzene rings is 2. The van der Waals surface area contributed by atoms with Crippen molar-refractivity contribution in [3.8, 4) is 0 Å². The number of nitrogens with zero attached hydrogens (tertiary/aromatic N) is 1. The predicted molar refractivity (Wildman–Crippen MR) is 101 cm³/mol. The van der Waals surface area contributed by atoms with Crippen LogP contribution in [0.25, 0.3) is 0 Å². The van der Waals surface area contributed by atoms with Gasteiger partial charge in [-0.1, -0.05) is 24.3 Å². The summed E-state index contributed by atoms with van der Waals surface area (Å²) >= 11 is 0. The third-order valence-corrected chi connectivity index (χ3v) is 6.10. The van der Waals surface area contributed by atoms with E-state index in [0.717, 1.165) is 11.1 Å². The van der Waals surface area contributed by atoms with Gasteiger partial charge >= 0.3 is 6.03 Å². The number of amides is 2. The van der Waals surface area contributed by atoms with Crippen molar-refractivity contribution in [1.29, 1.82) is 0 Å². The molecule has 0 bridgehead atoms. The number of sulfonamides is 1. The molecule has 6 nitrogen and oxygen atoms in total. The van der Waals surface area contributed by atoms with Crippen LogP contribution in [0, 0.1) is 0 Å². The van der Waals surface area contributed by atoms with E-state index in [4.69, 9.17) is 0 Å². The highest BCUT2D eigenvalue weighted by molar-refractivity contribution is 7.89. The molecule has 0 fully saturated rings. The Hall–Kier alpha value is -2.38. The molecule has 1 aliphatic rings. The van der Waals surface area contributed by atoms with Crippen LogP contribution in [0.4, 0.5) is 10.5 Å². The second-order valence-corrected chi connectivity index (χ2v) is 8.58. The number of fused-ring (bicyclic) bond motifs is 1. The molecule has 2 N–H and O–H groups in total. The predicted octanol–water partition coefficient (Wildman–Crippen LogP) is 2.96. The van der Waals surface area contributed by atoms with E-state index in [1.165, 1.54) is 4.31 Å². The first-order chi connectivity index (χ1) is 12.4. The standard InChI is InChI=1S/C19H23N3O3S/c1-14(2)20-19(23)21-17-9-8-15-10-11-22(13-16(15)12-17)26(24,25)18-6-4-3-5-7-18/h3-9,12,14H,10-11,13H2,1-2H3,(H2,20,21,23). The molecular weight excluding hydrogens is 350 g/mol. The summed E-state index contributed by atoms with van der Waals surface area (Å²) in [6.07, 6.45) is 0.653. The first-order valence-electron chi connectivity index (χ1n) is 8.61. The Balaban J connectivity index is 1.79. The van der Waals surface area contributed by atoms with Crippen LogP contribution in [-0.4, -0.2) is 31.3 Å². The minimum absolute atomic E-state index is 0.0409. The summed E-state index contributed by atoms with van der Waals surface area (Å²) in [5.41, 5.74) is 2.68. The van der Waals surface area contributed by atoms with Gasteiger partial charge in [-0.3, -0.25) is 0 Å². The summed E-state index contributed by atoms with van der Waals surface area (Å²) in [4.78, 5) is 12.2. The molecule has 7 heteroatoms. The Labute approximate surface area is 154 Å². The molecule has 3 rings (SSSR count). The van der Waals surface area contributed by atoms with Gasteiger partial charge in [0.05, 0.1) is 4.90 Å². The third kappa shape index (κ3) is 4.05. The van der Waals surface area contributed by atoms with E-state index >= 15 is 0 Å². The van der Waals surface area contributed by atoms with Crippen molar-refractivity contribution in [3.63, 3.8) is 0 Å². The monoisotopic (exact) mass is 373 g/mol. The van der Waals surface area contributed by atoms with E-state index in [2.05, 4.69) is 10.6 Å². The number of rotatable bonds is 4. The van der Waals surface area contributed by atoms with Gasteiger partial charge in [0.2, 0.25) is 10.0 Å². The van der Waals surface area contributed by atoms with E-state index in [1.807, 2.05) is 32.0 Å². The van der Waals surface area contributed by atoms with Gasteiger partial charge in [0.25, 0.3) is 0 Å². The van der Waals surface area contributed by atoms with Crippen molar-refractivity contribution >= 4 is 21.7 Å². The molecule has 26 heavy (non-hydrogen) atoms. The summed E-state index contributed by atoms with van der Waals surface area (Å²) in [5, 5.41) is 5.56. The highest BCUT2D eigenvalue weighted by Crippen LogP contribution is 2.27. The van der Waals surface area contributed by atoms with E-state index < -0.39 is 10.0 Å². The molecule has 1 heterocycles. The fraction of sp³-hybridized carbons (Fsp3) is 0.316. The lowest BCUT2D eigenvalue weighted by Crippen LogP contribution is -2.36. The van der Waals surface area contributed by atoms with Gasteiger partial charge < -0.3 is 10.6 Å². The largest absolute Gasteiger partial charge is 0.336 e. The molecule has 0 atom stereocenters. The number of hydrogen-bond donors (Lipinski definition) is 2. The topological polar surface area (TPSA) is 78.5 Å². The molecule has 0 aromatic heterocycles. The number of hydrogen-bond acceptors (Lipinski definition) is 3. The highest BCUT2D eigenvalue weighted by atomic mass is 32.2. The Kier molecular flexibility index (Phi) is 5.29. The van der Waals surface area contributed by atoms with E-state index in [0.29, 0.717) is 30.1 Å². The quantitative estimate of drug-likeness (QED) is 0.865. The van der Waals surface area contributed by atoms with E-state index in [9.17, 15) is 13.2 Å². The lowest BCUT2D eigenvalue weighted by atomic mass is 10.0. The Morgan fingerprint density at radius 1 is 1.08 bits per heavy atom. The molecule has 0 aliphatic carbocycles. The lowest BCUT2D eigenvalue weighted by Gasteiger charge is -2.28. The maximum atomic E-state index is 12.8. The molecule has 0 unspecified atom stereocenters. The zero-order valence-electron chi connectivity index (χ0n) is 14.9. The Bertz CT molecular complexity index is 896. The van der Waals surface area contributed by atoms with Gasteiger partial charge in [0.15, 0.2) is 0 Å². The summed E-state index contributed by atoms with van der Waals surface area (Å²) in [6.45, 7) is 4.52. The Morgan fingerprint density at radius 2 is 1.81 bits per heavy atom. The number of carbonyl (C=O) groups excluding carboxylic acids is 1. The summed E-state index contributed by atoms with van der Waals surface area (Å²) < 4.78 is 27.1. The number of nitrogens with one attached hydrogen (secondary N) is 2. The average molecular weight is 373 g/mol. The van der Waals surface area contributed by atoms with Crippen LogP contribution >= 0.6 is 0 Å². The first kappa shape index (κ1) is 18.4. The molecule has 0 spiro atoms. The molecular formula is C19H23N3O3S. The van der Waals surface area contributed by atoms with Crippen LogP contribution in [0.5, 0.6) is 0 Å². The smallest absolute Gasteiger partial charge is 0.319 e. The summed E-state index contributed by atoms with van der Waals surface area (Å²) in [5.74, 6) is 0. The molecule has 2 amide bonds. The molecule has 2 aromatic rings. The fourth-order valence-corrected chi connectivity index (χ4v) is 4.42.